The van der Waals surface area contributed by atoms with Gasteiger partial charge in [-0.25, -0.2) is 0 Å². The first kappa shape index (κ1) is 13.4. The van der Waals surface area contributed by atoms with Crippen LogP contribution in [0.2, 0.25) is 5.02 Å². The van der Waals surface area contributed by atoms with E-state index in [0.29, 0.717) is 16.6 Å². The molecule has 1 fully saturated rings. The summed E-state index contributed by atoms with van der Waals surface area (Å²) in [6.07, 6.45) is 2.46. The molecular formula is C14H20ClN2O+. The first-order valence-corrected chi connectivity index (χ1v) is 6.97. The van der Waals surface area contributed by atoms with E-state index in [0.717, 1.165) is 13.1 Å². The van der Waals surface area contributed by atoms with Crippen molar-refractivity contribution in [3.8, 4) is 0 Å². The van der Waals surface area contributed by atoms with Gasteiger partial charge in [-0.05, 0) is 19.1 Å². The molecule has 1 aromatic carbocycles. The van der Waals surface area contributed by atoms with Crippen LogP contribution in [0, 0.1) is 0 Å². The van der Waals surface area contributed by atoms with Gasteiger partial charge >= 0.3 is 0 Å². The minimum Gasteiger partial charge on any atom is -0.346 e. The average molecular weight is 268 g/mol. The zero-order valence-electron chi connectivity index (χ0n) is 10.7. The Morgan fingerprint density at radius 2 is 2.28 bits per heavy atom. The molecule has 98 valence electrons. The summed E-state index contributed by atoms with van der Waals surface area (Å²) in [6, 6.07) is 7.73. The maximum atomic E-state index is 12.0. The highest BCUT2D eigenvalue weighted by Crippen LogP contribution is 2.14. The van der Waals surface area contributed by atoms with Crippen LogP contribution in [0.25, 0.3) is 0 Å². The molecule has 1 heterocycles. The highest BCUT2D eigenvalue weighted by Gasteiger charge is 2.27. The molecule has 1 saturated heterocycles. The number of rotatable bonds is 4. The van der Waals surface area contributed by atoms with Crippen LogP contribution >= 0.6 is 11.6 Å². The van der Waals surface area contributed by atoms with Crippen molar-refractivity contribution in [2.45, 2.75) is 25.8 Å². The van der Waals surface area contributed by atoms with Crippen LogP contribution in [0.15, 0.2) is 24.3 Å². The van der Waals surface area contributed by atoms with Crippen molar-refractivity contribution >= 4 is 17.5 Å². The van der Waals surface area contributed by atoms with Gasteiger partial charge in [-0.15, -0.1) is 0 Å². The van der Waals surface area contributed by atoms with E-state index in [1.807, 2.05) is 12.1 Å². The summed E-state index contributed by atoms with van der Waals surface area (Å²) in [5.74, 6) is -0.0667. The molecule has 0 bridgehead atoms. The number of likely N-dealkylation sites (N-methyl/N-ethyl adjacent to an activating group) is 1. The van der Waals surface area contributed by atoms with Crippen LogP contribution in [0.3, 0.4) is 0 Å². The molecule has 18 heavy (non-hydrogen) atoms. The van der Waals surface area contributed by atoms with Gasteiger partial charge in [0, 0.05) is 12.8 Å². The van der Waals surface area contributed by atoms with E-state index in [1.54, 1.807) is 17.0 Å². The predicted octanol–water partition coefficient (Wildman–Crippen LogP) is 1.14. The molecule has 0 aromatic heterocycles. The molecule has 0 saturated carbocycles. The molecule has 1 aliphatic heterocycles. The van der Waals surface area contributed by atoms with Gasteiger partial charge in [-0.1, -0.05) is 23.7 Å². The van der Waals surface area contributed by atoms with Crippen molar-refractivity contribution in [3.05, 3.63) is 34.9 Å². The summed E-state index contributed by atoms with van der Waals surface area (Å²) in [4.78, 5) is 13.6. The van der Waals surface area contributed by atoms with Gasteiger partial charge in [0.1, 0.15) is 6.04 Å². The minimum absolute atomic E-state index is 0.0667. The van der Waals surface area contributed by atoms with E-state index in [9.17, 15) is 4.79 Å². The van der Waals surface area contributed by atoms with E-state index >= 15 is 0 Å². The topological polar surface area (TPSA) is 33.5 Å². The summed E-state index contributed by atoms with van der Waals surface area (Å²) in [5.41, 5.74) is 0.565. The Kier molecular flexibility index (Phi) is 4.61. The second-order valence-electron chi connectivity index (χ2n) is 4.79. The van der Waals surface area contributed by atoms with Crippen LogP contribution in [0.4, 0.5) is 0 Å². The van der Waals surface area contributed by atoms with Gasteiger partial charge in [-0.2, -0.15) is 0 Å². The van der Waals surface area contributed by atoms with Crippen molar-refractivity contribution in [2.24, 2.45) is 0 Å². The monoisotopic (exact) mass is 267 g/mol. The van der Waals surface area contributed by atoms with Gasteiger partial charge in [0.15, 0.2) is 0 Å². The lowest BCUT2D eigenvalue weighted by Crippen LogP contribution is -3.14. The van der Waals surface area contributed by atoms with E-state index in [2.05, 4.69) is 12.2 Å². The third-order valence-electron chi connectivity index (χ3n) is 3.71. The Hall–Kier alpha value is -1.06. The molecule has 3 nitrogen and oxygen atoms in total. The molecule has 2 N–H and O–H groups in total. The Labute approximate surface area is 113 Å². The Balaban J connectivity index is 1.91. The maximum absolute atomic E-state index is 12.0. The molecule has 2 rings (SSSR count). The SMILES string of the molecule is CC[NH+]1CCC[C@H]1CNC(=O)c1ccccc1Cl. The fourth-order valence-electron chi connectivity index (χ4n) is 2.65. The molecule has 4 heteroatoms. The number of benzene rings is 1. The third-order valence-corrected chi connectivity index (χ3v) is 4.04. The van der Waals surface area contributed by atoms with Crippen molar-refractivity contribution in [1.29, 1.82) is 0 Å². The first-order valence-electron chi connectivity index (χ1n) is 6.59. The first-order chi connectivity index (χ1) is 8.72. The van der Waals surface area contributed by atoms with Gasteiger partial charge < -0.3 is 10.2 Å². The average Bonchev–Trinajstić information content (AvgIpc) is 2.84. The van der Waals surface area contributed by atoms with Gasteiger partial charge in [0.25, 0.3) is 5.91 Å². The van der Waals surface area contributed by atoms with Crippen LogP contribution in [0.1, 0.15) is 30.1 Å². The largest absolute Gasteiger partial charge is 0.346 e. The molecule has 1 aromatic rings. The fourth-order valence-corrected chi connectivity index (χ4v) is 2.87. The van der Waals surface area contributed by atoms with Crippen LogP contribution in [0.5, 0.6) is 0 Å². The second-order valence-corrected chi connectivity index (χ2v) is 5.20. The summed E-state index contributed by atoms with van der Waals surface area (Å²) >= 11 is 6.00. The van der Waals surface area contributed by atoms with Crippen molar-refractivity contribution < 1.29 is 9.69 Å². The van der Waals surface area contributed by atoms with Gasteiger partial charge in [0.2, 0.25) is 0 Å². The van der Waals surface area contributed by atoms with Gasteiger partial charge in [-0.3, -0.25) is 4.79 Å². The number of carbonyl (C=O) groups is 1. The second kappa shape index (κ2) is 6.21. The quantitative estimate of drug-likeness (QED) is 0.843. The number of nitrogens with one attached hydrogen (secondary N) is 2. The third kappa shape index (κ3) is 3.03. The standard InChI is InChI=1S/C14H19ClN2O/c1-2-17-9-5-6-11(17)10-16-14(18)12-7-3-4-8-13(12)15/h3-4,7-8,11H,2,5-6,9-10H2,1H3,(H,16,18)/p+1/t11-/m0/s1. The Bertz CT molecular complexity index is 422. The number of hydrogen-bond acceptors (Lipinski definition) is 1. The van der Waals surface area contributed by atoms with Crippen LogP contribution in [-0.4, -0.2) is 31.6 Å². The zero-order valence-corrected chi connectivity index (χ0v) is 11.5. The number of likely N-dealkylation sites (tertiary alicyclic amines) is 1. The van der Waals surface area contributed by atoms with Crippen LogP contribution < -0.4 is 10.2 Å². The number of carbonyl (C=O) groups excluding carboxylic acids is 1. The Morgan fingerprint density at radius 1 is 1.50 bits per heavy atom. The van der Waals surface area contributed by atoms with E-state index in [-0.39, 0.29) is 5.91 Å². The van der Waals surface area contributed by atoms with Crippen molar-refractivity contribution in [2.75, 3.05) is 19.6 Å². The molecule has 1 unspecified atom stereocenters. The highest BCUT2D eigenvalue weighted by molar-refractivity contribution is 6.33. The zero-order chi connectivity index (χ0) is 13.0. The minimum atomic E-state index is -0.0667. The van der Waals surface area contributed by atoms with Crippen LogP contribution in [-0.2, 0) is 0 Å². The summed E-state index contributed by atoms with van der Waals surface area (Å²) in [5, 5.41) is 3.52. The predicted molar refractivity (Wildman–Crippen MR) is 73.2 cm³/mol. The number of hydrogen-bond donors (Lipinski definition) is 2. The molecule has 2 atom stereocenters. The highest BCUT2D eigenvalue weighted by atomic mass is 35.5. The normalized spacial score (nSPS) is 23.0. The summed E-state index contributed by atoms with van der Waals surface area (Å²) in [6.45, 7) is 5.30. The van der Waals surface area contributed by atoms with E-state index in [1.165, 1.54) is 19.4 Å². The smallest absolute Gasteiger partial charge is 0.253 e. The van der Waals surface area contributed by atoms with Crippen molar-refractivity contribution in [3.63, 3.8) is 0 Å². The molecule has 0 spiro atoms. The lowest BCUT2D eigenvalue weighted by atomic mass is 10.2. The molecular weight excluding hydrogens is 248 g/mol. The molecule has 1 aliphatic rings. The van der Waals surface area contributed by atoms with Gasteiger partial charge in [0.05, 0.1) is 30.2 Å². The number of halogens is 1. The Morgan fingerprint density at radius 3 is 3.00 bits per heavy atom. The fraction of sp³-hybridized carbons (Fsp3) is 0.500. The lowest BCUT2D eigenvalue weighted by Gasteiger charge is -2.20. The lowest BCUT2D eigenvalue weighted by molar-refractivity contribution is -0.909. The number of quaternary nitrogens is 1. The molecule has 0 aliphatic carbocycles. The summed E-state index contributed by atoms with van der Waals surface area (Å²) < 4.78 is 0. The van der Waals surface area contributed by atoms with Crippen molar-refractivity contribution in [1.82, 2.24) is 5.32 Å². The molecule has 0 radical (unpaired) electrons. The van der Waals surface area contributed by atoms with E-state index in [4.69, 9.17) is 11.6 Å². The molecule has 1 amide bonds. The maximum Gasteiger partial charge on any atom is 0.253 e. The summed E-state index contributed by atoms with van der Waals surface area (Å²) in [7, 11) is 0. The van der Waals surface area contributed by atoms with E-state index < -0.39 is 0 Å². The number of amides is 1.